The fourth-order valence-corrected chi connectivity index (χ4v) is 2.47. The lowest BCUT2D eigenvalue weighted by Crippen LogP contribution is -2.23. The van der Waals surface area contributed by atoms with Crippen molar-refractivity contribution in [3.05, 3.63) is 52.8 Å². The van der Waals surface area contributed by atoms with Gasteiger partial charge in [0.05, 0.1) is 5.69 Å². The molecule has 1 heterocycles. The summed E-state index contributed by atoms with van der Waals surface area (Å²) in [6, 6.07) is 10.6. The van der Waals surface area contributed by atoms with Gasteiger partial charge in [0.2, 0.25) is 0 Å². The lowest BCUT2D eigenvalue weighted by Gasteiger charge is -2.18. The van der Waals surface area contributed by atoms with Crippen molar-refractivity contribution < 1.29 is 0 Å². The predicted octanol–water partition coefficient (Wildman–Crippen LogP) is 3.75. The Morgan fingerprint density at radius 1 is 1.25 bits per heavy atom. The summed E-state index contributed by atoms with van der Waals surface area (Å²) < 4.78 is 1.85. The summed E-state index contributed by atoms with van der Waals surface area (Å²) in [5, 5.41) is 8.81. The normalized spacial score (nSPS) is 12.6. The van der Waals surface area contributed by atoms with Crippen LogP contribution in [0.5, 0.6) is 0 Å². The van der Waals surface area contributed by atoms with Gasteiger partial charge in [0.1, 0.15) is 0 Å². The minimum atomic E-state index is 0.390. The van der Waals surface area contributed by atoms with E-state index in [0.717, 1.165) is 36.5 Å². The van der Waals surface area contributed by atoms with Gasteiger partial charge in [-0.25, -0.2) is 0 Å². The molecule has 2 aromatic rings. The third kappa shape index (κ3) is 4.36. The van der Waals surface area contributed by atoms with Gasteiger partial charge < -0.3 is 5.32 Å². The molecule has 3 nitrogen and oxygen atoms in total. The second-order valence-electron chi connectivity index (χ2n) is 5.08. The van der Waals surface area contributed by atoms with Crippen LogP contribution in [0.15, 0.2) is 36.5 Å². The number of nitrogens with zero attached hydrogens (tertiary/aromatic N) is 2. The first-order valence-corrected chi connectivity index (χ1v) is 7.54. The van der Waals surface area contributed by atoms with Gasteiger partial charge in [0.15, 0.2) is 0 Å². The van der Waals surface area contributed by atoms with Crippen molar-refractivity contribution in [3.8, 4) is 0 Å². The molecule has 20 heavy (non-hydrogen) atoms. The summed E-state index contributed by atoms with van der Waals surface area (Å²) in [5.74, 6) is 0. The fourth-order valence-electron chi connectivity index (χ4n) is 2.34. The molecule has 0 amide bonds. The van der Waals surface area contributed by atoms with E-state index in [1.54, 1.807) is 0 Å². The molecule has 4 heteroatoms. The van der Waals surface area contributed by atoms with Gasteiger partial charge in [0.25, 0.3) is 0 Å². The molecule has 1 unspecified atom stereocenters. The summed E-state index contributed by atoms with van der Waals surface area (Å²) in [6.45, 7) is 3.15. The van der Waals surface area contributed by atoms with E-state index in [4.69, 9.17) is 11.6 Å². The maximum absolute atomic E-state index is 5.95. The van der Waals surface area contributed by atoms with Crippen LogP contribution < -0.4 is 5.32 Å². The van der Waals surface area contributed by atoms with Gasteiger partial charge in [-0.05, 0) is 30.2 Å². The third-order valence-corrected chi connectivity index (χ3v) is 3.64. The van der Waals surface area contributed by atoms with E-state index >= 15 is 0 Å². The number of benzene rings is 1. The lowest BCUT2D eigenvalue weighted by molar-refractivity contribution is 0.495. The van der Waals surface area contributed by atoms with Gasteiger partial charge in [-0.15, -0.1) is 0 Å². The lowest BCUT2D eigenvalue weighted by atomic mass is 10.0. The van der Waals surface area contributed by atoms with Crippen molar-refractivity contribution in [1.29, 1.82) is 0 Å². The molecule has 1 N–H and O–H groups in total. The highest BCUT2D eigenvalue weighted by Gasteiger charge is 2.09. The Labute approximate surface area is 126 Å². The number of halogens is 1. The van der Waals surface area contributed by atoms with Crippen LogP contribution in [0.25, 0.3) is 0 Å². The fraction of sp³-hybridized carbons (Fsp3) is 0.438. The largest absolute Gasteiger partial charge is 0.310 e. The topological polar surface area (TPSA) is 29.9 Å². The van der Waals surface area contributed by atoms with E-state index in [2.05, 4.69) is 35.5 Å². The number of hydrogen-bond donors (Lipinski definition) is 1. The van der Waals surface area contributed by atoms with Gasteiger partial charge in [0, 0.05) is 37.3 Å². The smallest absolute Gasteiger partial charge is 0.0637 e. The maximum atomic E-state index is 5.95. The van der Waals surface area contributed by atoms with E-state index in [1.165, 1.54) is 5.56 Å². The molecule has 0 fully saturated rings. The summed E-state index contributed by atoms with van der Waals surface area (Å²) in [6.07, 6.45) is 5.22. The highest BCUT2D eigenvalue weighted by atomic mass is 35.5. The van der Waals surface area contributed by atoms with Crippen molar-refractivity contribution >= 4 is 11.6 Å². The zero-order valence-electron chi connectivity index (χ0n) is 12.1. The highest BCUT2D eigenvalue weighted by Crippen LogP contribution is 2.20. The molecule has 108 valence electrons. The number of hydrogen-bond acceptors (Lipinski definition) is 2. The third-order valence-electron chi connectivity index (χ3n) is 3.39. The average Bonchev–Trinajstić information content (AvgIpc) is 2.84. The van der Waals surface area contributed by atoms with Crippen LogP contribution in [0.2, 0.25) is 5.02 Å². The quantitative estimate of drug-likeness (QED) is 0.842. The summed E-state index contributed by atoms with van der Waals surface area (Å²) in [5.41, 5.74) is 2.43. The van der Waals surface area contributed by atoms with Crippen LogP contribution in [-0.4, -0.2) is 16.3 Å². The molecule has 2 rings (SSSR count). The minimum Gasteiger partial charge on any atom is -0.310 e. The monoisotopic (exact) mass is 291 g/mol. The first-order valence-electron chi connectivity index (χ1n) is 7.16. The Morgan fingerprint density at radius 3 is 2.60 bits per heavy atom. The van der Waals surface area contributed by atoms with Crippen molar-refractivity contribution in [2.75, 3.05) is 6.54 Å². The second kappa shape index (κ2) is 7.46. The molecule has 0 radical (unpaired) electrons. The first kappa shape index (κ1) is 15.1. The summed E-state index contributed by atoms with van der Waals surface area (Å²) >= 11 is 5.95. The Balaban J connectivity index is 1.90. The van der Waals surface area contributed by atoms with Gasteiger partial charge in [-0.3, -0.25) is 4.68 Å². The van der Waals surface area contributed by atoms with Crippen LogP contribution in [0.4, 0.5) is 0 Å². The Morgan fingerprint density at radius 2 is 2.00 bits per heavy atom. The van der Waals surface area contributed by atoms with Crippen LogP contribution in [0, 0.1) is 0 Å². The molecular formula is C16H22ClN3. The minimum absolute atomic E-state index is 0.390. The van der Waals surface area contributed by atoms with Gasteiger partial charge in [-0.1, -0.05) is 37.1 Å². The maximum Gasteiger partial charge on any atom is 0.0637 e. The molecule has 1 atom stereocenters. The molecule has 0 aliphatic heterocycles. The standard InChI is InChI=1S/C16H22ClN3/c1-3-4-16(13-5-7-14(17)8-6-13)18-11-9-15-10-12-20(2)19-15/h5-8,10,12,16,18H,3-4,9,11H2,1-2H3. The molecule has 0 saturated heterocycles. The zero-order chi connectivity index (χ0) is 14.4. The van der Waals surface area contributed by atoms with Crippen LogP contribution in [0.1, 0.15) is 37.1 Å². The van der Waals surface area contributed by atoms with Crippen LogP contribution >= 0.6 is 11.6 Å². The second-order valence-corrected chi connectivity index (χ2v) is 5.51. The van der Waals surface area contributed by atoms with Crippen LogP contribution in [-0.2, 0) is 13.5 Å². The Kier molecular flexibility index (Phi) is 5.62. The summed E-state index contributed by atoms with van der Waals surface area (Å²) in [7, 11) is 1.95. The first-order chi connectivity index (χ1) is 9.69. The van der Waals surface area contributed by atoms with E-state index in [9.17, 15) is 0 Å². The number of rotatable bonds is 7. The molecule has 1 aromatic heterocycles. The van der Waals surface area contributed by atoms with E-state index < -0.39 is 0 Å². The molecule has 1 aromatic carbocycles. The molecule has 0 bridgehead atoms. The summed E-state index contributed by atoms with van der Waals surface area (Å²) in [4.78, 5) is 0. The van der Waals surface area contributed by atoms with Crippen molar-refractivity contribution in [2.24, 2.45) is 7.05 Å². The molecule has 0 aliphatic rings. The molecule has 0 aliphatic carbocycles. The predicted molar refractivity (Wildman–Crippen MR) is 84.0 cm³/mol. The van der Waals surface area contributed by atoms with Gasteiger partial charge in [-0.2, -0.15) is 5.10 Å². The van der Waals surface area contributed by atoms with Gasteiger partial charge >= 0.3 is 0 Å². The highest BCUT2D eigenvalue weighted by molar-refractivity contribution is 6.30. The van der Waals surface area contributed by atoms with Crippen molar-refractivity contribution in [2.45, 2.75) is 32.2 Å². The molecule has 0 spiro atoms. The SMILES string of the molecule is CCCC(NCCc1ccn(C)n1)c1ccc(Cl)cc1. The average molecular weight is 292 g/mol. The Bertz CT molecular complexity index is 519. The number of aromatic nitrogens is 2. The molecular weight excluding hydrogens is 270 g/mol. The number of aryl methyl sites for hydroxylation is 1. The Hall–Kier alpha value is -1.32. The van der Waals surface area contributed by atoms with Crippen LogP contribution in [0.3, 0.4) is 0 Å². The van der Waals surface area contributed by atoms with E-state index in [1.807, 2.05) is 30.1 Å². The zero-order valence-corrected chi connectivity index (χ0v) is 12.9. The van der Waals surface area contributed by atoms with Crippen molar-refractivity contribution in [3.63, 3.8) is 0 Å². The number of nitrogens with one attached hydrogen (secondary N) is 1. The van der Waals surface area contributed by atoms with E-state index in [0.29, 0.717) is 6.04 Å². The molecule has 0 saturated carbocycles. The van der Waals surface area contributed by atoms with Crippen molar-refractivity contribution in [1.82, 2.24) is 15.1 Å². The van der Waals surface area contributed by atoms with E-state index in [-0.39, 0.29) is 0 Å².